The van der Waals surface area contributed by atoms with Crippen molar-refractivity contribution in [3.05, 3.63) is 30.2 Å². The smallest absolute Gasteiger partial charge is 0.387 e. The zero-order valence-corrected chi connectivity index (χ0v) is 13.6. The van der Waals surface area contributed by atoms with Gasteiger partial charge in [-0.1, -0.05) is 30.6 Å². The van der Waals surface area contributed by atoms with Crippen LogP contribution in [-0.2, 0) is 6.54 Å². The average Bonchev–Trinajstić information content (AvgIpc) is 3.03. The molecule has 2 aromatic rings. The number of para-hydroxylation sites is 1. The molecule has 0 aliphatic carbocycles. The molecule has 1 aromatic heterocycles. The van der Waals surface area contributed by atoms with E-state index < -0.39 is 6.61 Å². The molecule has 0 bridgehead atoms. The van der Waals surface area contributed by atoms with E-state index in [-0.39, 0.29) is 11.6 Å². The summed E-state index contributed by atoms with van der Waals surface area (Å²) >= 11 is 0. The maximum absolute atomic E-state index is 12.5. The van der Waals surface area contributed by atoms with Gasteiger partial charge in [-0.15, -0.1) is 0 Å². The van der Waals surface area contributed by atoms with Gasteiger partial charge in [0.05, 0.1) is 12.1 Å². The Morgan fingerprint density at radius 1 is 1.33 bits per heavy atom. The molecule has 0 spiro atoms. The lowest BCUT2D eigenvalue weighted by Crippen LogP contribution is -2.38. The van der Waals surface area contributed by atoms with Crippen LogP contribution in [-0.4, -0.2) is 34.2 Å². The second kappa shape index (κ2) is 7.70. The molecule has 1 saturated heterocycles. The van der Waals surface area contributed by atoms with Crippen LogP contribution in [0.4, 0.5) is 8.78 Å². The second-order valence-corrected chi connectivity index (χ2v) is 5.91. The fraction of sp³-hybridized carbons (Fsp3) is 0.529. The first kappa shape index (κ1) is 16.8. The van der Waals surface area contributed by atoms with Gasteiger partial charge in [0.15, 0.2) is 0 Å². The molecule has 2 heterocycles. The summed E-state index contributed by atoms with van der Waals surface area (Å²) in [7, 11) is 0. The fourth-order valence-corrected chi connectivity index (χ4v) is 3.18. The molecule has 24 heavy (non-hydrogen) atoms. The van der Waals surface area contributed by atoms with Gasteiger partial charge < -0.3 is 9.26 Å². The van der Waals surface area contributed by atoms with E-state index >= 15 is 0 Å². The van der Waals surface area contributed by atoms with E-state index in [4.69, 9.17) is 4.52 Å². The highest BCUT2D eigenvalue weighted by molar-refractivity contribution is 5.63. The number of aromatic nitrogens is 2. The van der Waals surface area contributed by atoms with Gasteiger partial charge in [-0.05, 0) is 37.9 Å². The van der Waals surface area contributed by atoms with E-state index in [9.17, 15) is 8.78 Å². The van der Waals surface area contributed by atoms with Crippen molar-refractivity contribution in [2.45, 2.75) is 51.8 Å². The molecule has 1 aliphatic heterocycles. The van der Waals surface area contributed by atoms with Crippen molar-refractivity contribution >= 4 is 0 Å². The Labute approximate surface area is 139 Å². The average molecular weight is 337 g/mol. The van der Waals surface area contributed by atoms with Gasteiger partial charge in [-0.2, -0.15) is 13.8 Å². The Bertz CT molecular complexity index is 663. The number of benzene rings is 1. The van der Waals surface area contributed by atoms with Crippen molar-refractivity contribution in [2.75, 3.05) is 6.54 Å². The van der Waals surface area contributed by atoms with Gasteiger partial charge in [0.2, 0.25) is 11.7 Å². The van der Waals surface area contributed by atoms with E-state index in [1.165, 1.54) is 25.3 Å². The normalized spacial score (nSPS) is 18.9. The van der Waals surface area contributed by atoms with Crippen LogP contribution in [0.3, 0.4) is 0 Å². The minimum Gasteiger partial charge on any atom is -0.434 e. The summed E-state index contributed by atoms with van der Waals surface area (Å²) in [6.07, 6.45) is 4.69. The Morgan fingerprint density at radius 3 is 2.96 bits per heavy atom. The number of halogens is 2. The lowest BCUT2D eigenvalue weighted by Gasteiger charge is -2.33. The van der Waals surface area contributed by atoms with Crippen molar-refractivity contribution in [3.8, 4) is 17.1 Å². The van der Waals surface area contributed by atoms with Gasteiger partial charge in [0, 0.05) is 6.04 Å². The maximum atomic E-state index is 12.5. The summed E-state index contributed by atoms with van der Waals surface area (Å²) in [4.78, 5) is 6.72. The Morgan fingerprint density at radius 2 is 2.17 bits per heavy atom. The topological polar surface area (TPSA) is 51.4 Å². The lowest BCUT2D eigenvalue weighted by molar-refractivity contribution is -0.0494. The molecule has 0 amide bonds. The number of hydrogen-bond acceptors (Lipinski definition) is 5. The van der Waals surface area contributed by atoms with E-state index in [0.29, 0.717) is 24.0 Å². The molecule has 1 unspecified atom stereocenters. The van der Waals surface area contributed by atoms with Gasteiger partial charge >= 0.3 is 6.61 Å². The highest BCUT2D eigenvalue weighted by atomic mass is 19.3. The Balaban J connectivity index is 1.76. The predicted molar refractivity (Wildman–Crippen MR) is 84.7 cm³/mol. The molecule has 5 nitrogen and oxygen atoms in total. The van der Waals surface area contributed by atoms with Gasteiger partial charge in [-0.3, -0.25) is 4.90 Å². The number of alkyl halides is 2. The quantitative estimate of drug-likeness (QED) is 0.794. The van der Waals surface area contributed by atoms with Crippen LogP contribution in [0, 0.1) is 0 Å². The molecule has 0 N–H and O–H groups in total. The van der Waals surface area contributed by atoms with E-state index in [2.05, 4.69) is 26.7 Å². The lowest BCUT2D eigenvalue weighted by atomic mass is 10.0. The molecule has 1 fully saturated rings. The predicted octanol–water partition coefficient (Wildman–Crippen LogP) is 4.10. The van der Waals surface area contributed by atoms with Crippen LogP contribution in [0.25, 0.3) is 11.4 Å². The van der Waals surface area contributed by atoms with E-state index in [0.717, 1.165) is 13.0 Å². The van der Waals surface area contributed by atoms with Crippen molar-refractivity contribution in [3.63, 3.8) is 0 Å². The molecular formula is C17H21F2N3O2. The van der Waals surface area contributed by atoms with E-state index in [1.807, 2.05) is 0 Å². The summed E-state index contributed by atoms with van der Waals surface area (Å²) in [5.74, 6) is 0.813. The Hall–Kier alpha value is -2.02. The summed E-state index contributed by atoms with van der Waals surface area (Å²) in [6, 6.07) is 6.99. The first-order chi connectivity index (χ1) is 11.7. The molecule has 1 atom stereocenters. The molecule has 0 radical (unpaired) electrons. The SMILES string of the molecule is CCC1CCCCN1Cc1nc(-c2ccccc2OC(F)F)no1. The van der Waals surface area contributed by atoms with Crippen LogP contribution in [0.2, 0.25) is 0 Å². The monoisotopic (exact) mass is 337 g/mol. The highest BCUT2D eigenvalue weighted by Crippen LogP contribution is 2.29. The third-order valence-corrected chi connectivity index (χ3v) is 4.37. The second-order valence-electron chi connectivity index (χ2n) is 5.91. The van der Waals surface area contributed by atoms with Crippen molar-refractivity contribution in [2.24, 2.45) is 0 Å². The van der Waals surface area contributed by atoms with Crippen LogP contribution in [0.1, 0.15) is 38.5 Å². The summed E-state index contributed by atoms with van der Waals surface area (Å²) < 4.78 is 34.9. The zero-order valence-electron chi connectivity index (χ0n) is 13.6. The van der Waals surface area contributed by atoms with Gasteiger partial charge in [0.1, 0.15) is 5.75 Å². The van der Waals surface area contributed by atoms with Crippen molar-refractivity contribution < 1.29 is 18.0 Å². The first-order valence-electron chi connectivity index (χ1n) is 8.28. The molecule has 1 aliphatic rings. The van der Waals surface area contributed by atoms with Crippen molar-refractivity contribution in [1.82, 2.24) is 15.0 Å². The molecule has 7 heteroatoms. The molecule has 1 aromatic carbocycles. The number of likely N-dealkylation sites (tertiary alicyclic amines) is 1. The van der Waals surface area contributed by atoms with E-state index in [1.54, 1.807) is 18.2 Å². The third-order valence-electron chi connectivity index (χ3n) is 4.37. The fourth-order valence-electron chi connectivity index (χ4n) is 3.18. The third kappa shape index (κ3) is 3.90. The zero-order chi connectivity index (χ0) is 16.9. The van der Waals surface area contributed by atoms with Crippen molar-refractivity contribution in [1.29, 1.82) is 0 Å². The number of piperidine rings is 1. The van der Waals surface area contributed by atoms with Crippen LogP contribution in [0.15, 0.2) is 28.8 Å². The molecular weight excluding hydrogens is 316 g/mol. The Kier molecular flexibility index (Phi) is 5.40. The number of ether oxygens (including phenoxy) is 1. The highest BCUT2D eigenvalue weighted by Gasteiger charge is 2.23. The summed E-state index contributed by atoms with van der Waals surface area (Å²) in [5, 5.41) is 3.93. The largest absolute Gasteiger partial charge is 0.434 e. The van der Waals surface area contributed by atoms with Gasteiger partial charge in [-0.25, -0.2) is 0 Å². The number of rotatable bonds is 6. The van der Waals surface area contributed by atoms with Crippen LogP contribution < -0.4 is 4.74 Å². The minimum atomic E-state index is -2.89. The van der Waals surface area contributed by atoms with Gasteiger partial charge in [0.25, 0.3) is 0 Å². The summed E-state index contributed by atoms with van der Waals surface area (Å²) in [5.41, 5.74) is 0.401. The molecule has 3 rings (SSSR count). The molecule has 130 valence electrons. The standard InChI is InChI=1S/C17H21F2N3O2/c1-2-12-7-5-6-10-22(12)11-15-20-16(21-24-15)13-8-3-4-9-14(13)23-17(18)19/h3-4,8-9,12,17H,2,5-7,10-11H2,1H3. The number of nitrogens with zero attached hydrogens (tertiary/aromatic N) is 3. The number of hydrogen-bond donors (Lipinski definition) is 0. The maximum Gasteiger partial charge on any atom is 0.387 e. The van der Waals surface area contributed by atoms with Crippen LogP contribution >= 0.6 is 0 Å². The minimum absolute atomic E-state index is 0.0456. The molecule has 0 saturated carbocycles. The first-order valence-corrected chi connectivity index (χ1v) is 8.28. The summed E-state index contributed by atoms with van der Waals surface area (Å²) in [6.45, 7) is 0.890. The van der Waals surface area contributed by atoms with Crippen LogP contribution in [0.5, 0.6) is 5.75 Å².